The van der Waals surface area contributed by atoms with Crippen LogP contribution in [0.4, 0.5) is 11.4 Å². The molecule has 1 unspecified atom stereocenters. The Balaban J connectivity index is 1.73. The number of benzene rings is 3. The molecule has 0 saturated carbocycles. The smallest absolute Gasteiger partial charge is 0.273 e. The molecular formula is C22H23N3O3S2. The molecule has 30 heavy (non-hydrogen) atoms. The van der Waals surface area contributed by atoms with Crippen molar-refractivity contribution < 1.29 is 9.48 Å². The van der Waals surface area contributed by atoms with Crippen LogP contribution in [0.15, 0.2) is 87.5 Å². The lowest BCUT2D eigenvalue weighted by Crippen LogP contribution is -2.14. The SMILES string of the molecule is CCCNCc1cc(Sc2cccc(N[S+]([O-])c3ccccc3)c2)ccc1[N+](=O)[O-]. The quantitative estimate of drug-likeness (QED) is 0.190. The Morgan fingerprint density at radius 3 is 2.50 bits per heavy atom. The molecule has 1 atom stereocenters. The molecule has 3 aromatic carbocycles. The molecule has 0 bridgehead atoms. The third-order valence-corrected chi connectivity index (χ3v) is 6.33. The average Bonchev–Trinajstić information content (AvgIpc) is 2.75. The Bertz CT molecular complexity index is 986. The first kappa shape index (κ1) is 22.2. The number of anilines is 1. The Morgan fingerprint density at radius 1 is 1.00 bits per heavy atom. The van der Waals surface area contributed by atoms with Crippen molar-refractivity contribution in [1.82, 2.24) is 5.32 Å². The highest BCUT2D eigenvalue weighted by Gasteiger charge is 2.15. The summed E-state index contributed by atoms with van der Waals surface area (Å²) in [5.74, 6) is 0. The summed E-state index contributed by atoms with van der Waals surface area (Å²) >= 11 is 0.161. The van der Waals surface area contributed by atoms with E-state index < -0.39 is 11.4 Å². The number of nitro groups is 1. The van der Waals surface area contributed by atoms with E-state index in [1.165, 1.54) is 11.8 Å². The fourth-order valence-corrected chi connectivity index (χ4v) is 4.62. The minimum atomic E-state index is -1.35. The van der Waals surface area contributed by atoms with Gasteiger partial charge < -0.3 is 9.87 Å². The van der Waals surface area contributed by atoms with E-state index in [4.69, 9.17) is 0 Å². The van der Waals surface area contributed by atoms with Gasteiger partial charge in [0.25, 0.3) is 5.69 Å². The lowest BCUT2D eigenvalue weighted by molar-refractivity contribution is -0.385. The van der Waals surface area contributed by atoms with Crippen LogP contribution in [0.25, 0.3) is 0 Å². The molecule has 3 rings (SSSR count). The van der Waals surface area contributed by atoms with Gasteiger partial charge in [-0.05, 0) is 55.4 Å². The Hall–Kier alpha value is -2.52. The molecule has 0 spiro atoms. The van der Waals surface area contributed by atoms with Crippen LogP contribution in [0.2, 0.25) is 0 Å². The van der Waals surface area contributed by atoms with Crippen LogP contribution in [-0.4, -0.2) is 16.0 Å². The van der Waals surface area contributed by atoms with Crippen LogP contribution in [0.3, 0.4) is 0 Å². The van der Waals surface area contributed by atoms with E-state index in [9.17, 15) is 14.7 Å². The summed E-state index contributed by atoms with van der Waals surface area (Å²) < 4.78 is 15.5. The highest BCUT2D eigenvalue weighted by atomic mass is 32.2. The summed E-state index contributed by atoms with van der Waals surface area (Å²) in [4.78, 5) is 13.5. The van der Waals surface area contributed by atoms with E-state index in [-0.39, 0.29) is 10.6 Å². The molecule has 2 N–H and O–H groups in total. The summed E-state index contributed by atoms with van der Waals surface area (Å²) in [5.41, 5.74) is 1.53. The van der Waals surface area contributed by atoms with Gasteiger partial charge in [-0.3, -0.25) is 10.1 Å². The zero-order valence-corrected chi connectivity index (χ0v) is 18.2. The molecule has 8 heteroatoms. The first-order valence-electron chi connectivity index (χ1n) is 9.56. The topological polar surface area (TPSA) is 90.3 Å². The summed E-state index contributed by atoms with van der Waals surface area (Å²) in [6.45, 7) is 3.32. The average molecular weight is 442 g/mol. The Kier molecular flexibility index (Phi) is 8.15. The number of nitrogens with zero attached hydrogens (tertiary/aromatic N) is 1. The molecule has 0 aromatic heterocycles. The normalized spacial score (nSPS) is 11.8. The van der Waals surface area contributed by atoms with E-state index >= 15 is 0 Å². The summed E-state index contributed by atoms with van der Waals surface area (Å²) in [6.07, 6.45) is 0.965. The van der Waals surface area contributed by atoms with Gasteiger partial charge in [0.05, 0.1) is 10.6 Å². The van der Waals surface area contributed by atoms with Gasteiger partial charge in [-0.2, -0.15) is 0 Å². The largest absolute Gasteiger partial charge is 0.588 e. The molecule has 0 fully saturated rings. The molecule has 0 aliphatic carbocycles. The lowest BCUT2D eigenvalue weighted by Gasteiger charge is -2.12. The molecule has 0 aliphatic rings. The van der Waals surface area contributed by atoms with Crippen LogP contribution in [0.1, 0.15) is 18.9 Å². The lowest BCUT2D eigenvalue weighted by atomic mass is 10.2. The molecule has 6 nitrogen and oxygen atoms in total. The van der Waals surface area contributed by atoms with Crippen molar-refractivity contribution in [3.8, 4) is 0 Å². The van der Waals surface area contributed by atoms with Crippen molar-refractivity contribution in [2.45, 2.75) is 34.6 Å². The summed E-state index contributed by atoms with van der Waals surface area (Å²) in [7, 11) is 0. The minimum Gasteiger partial charge on any atom is -0.588 e. The monoisotopic (exact) mass is 441 g/mol. The fourth-order valence-electron chi connectivity index (χ4n) is 2.81. The third-order valence-electron chi connectivity index (χ3n) is 4.23. The Morgan fingerprint density at radius 2 is 1.77 bits per heavy atom. The maximum absolute atomic E-state index is 12.5. The third kappa shape index (κ3) is 6.24. The second-order valence-corrected chi connectivity index (χ2v) is 8.90. The van der Waals surface area contributed by atoms with Crippen LogP contribution < -0.4 is 10.0 Å². The van der Waals surface area contributed by atoms with Gasteiger partial charge >= 0.3 is 0 Å². The highest BCUT2D eigenvalue weighted by molar-refractivity contribution is 7.99. The predicted octanol–water partition coefficient (Wildman–Crippen LogP) is 5.38. The number of hydrogen-bond donors (Lipinski definition) is 2. The predicted molar refractivity (Wildman–Crippen MR) is 122 cm³/mol. The van der Waals surface area contributed by atoms with Crippen molar-refractivity contribution in [3.05, 3.63) is 88.5 Å². The summed E-state index contributed by atoms with van der Waals surface area (Å²) in [5, 5.41) is 14.5. The maximum atomic E-state index is 12.5. The van der Waals surface area contributed by atoms with Crippen molar-refractivity contribution in [2.75, 3.05) is 11.3 Å². The van der Waals surface area contributed by atoms with Crippen molar-refractivity contribution in [2.24, 2.45) is 0 Å². The highest BCUT2D eigenvalue weighted by Crippen LogP contribution is 2.33. The first-order valence-corrected chi connectivity index (χ1v) is 11.5. The number of rotatable bonds is 10. The molecule has 0 radical (unpaired) electrons. The van der Waals surface area contributed by atoms with Gasteiger partial charge in [-0.1, -0.05) is 43.0 Å². The van der Waals surface area contributed by atoms with E-state index in [2.05, 4.69) is 17.0 Å². The van der Waals surface area contributed by atoms with Gasteiger partial charge in [0.1, 0.15) is 11.4 Å². The van der Waals surface area contributed by atoms with Crippen LogP contribution in [-0.2, 0) is 17.9 Å². The number of hydrogen-bond acceptors (Lipinski definition) is 6. The first-order chi connectivity index (χ1) is 14.6. The van der Waals surface area contributed by atoms with E-state index in [0.29, 0.717) is 17.0 Å². The maximum Gasteiger partial charge on any atom is 0.273 e. The molecule has 156 valence electrons. The molecular weight excluding hydrogens is 418 g/mol. The zero-order chi connectivity index (χ0) is 21.3. The molecule has 0 saturated heterocycles. The van der Waals surface area contributed by atoms with E-state index in [0.717, 1.165) is 28.4 Å². The standard InChI is InChI=1S/C22H23N3O3S2/c1-2-13-23-16-17-14-20(11-12-22(17)25(26)27)29-19-8-6-7-18(15-19)24-30(28)21-9-4-3-5-10-21/h3-12,14-15,23-24H,2,13,16H2,1H3. The van der Waals surface area contributed by atoms with Gasteiger partial charge in [0.2, 0.25) is 0 Å². The zero-order valence-electron chi connectivity index (χ0n) is 16.5. The van der Waals surface area contributed by atoms with Crippen LogP contribution in [0.5, 0.6) is 0 Å². The van der Waals surface area contributed by atoms with Gasteiger partial charge in [-0.15, -0.1) is 0 Å². The second-order valence-electron chi connectivity index (χ2n) is 6.54. The Labute approximate surface area is 183 Å². The molecule has 3 aromatic rings. The van der Waals surface area contributed by atoms with Gasteiger partial charge in [0.15, 0.2) is 4.90 Å². The number of nitro benzene ring substituents is 1. The molecule has 0 amide bonds. The molecule has 0 aliphatic heterocycles. The summed E-state index contributed by atoms with van der Waals surface area (Å²) in [6, 6.07) is 22.0. The van der Waals surface area contributed by atoms with Crippen LogP contribution in [0, 0.1) is 10.1 Å². The molecule has 0 heterocycles. The second kappa shape index (κ2) is 11.0. The fraction of sp³-hybridized carbons (Fsp3) is 0.182. The minimum absolute atomic E-state index is 0.122. The van der Waals surface area contributed by atoms with E-state index in [1.54, 1.807) is 12.1 Å². The number of nitrogens with one attached hydrogen (secondary N) is 2. The van der Waals surface area contributed by atoms with Gasteiger partial charge in [-0.25, -0.2) is 4.72 Å². The van der Waals surface area contributed by atoms with Crippen molar-refractivity contribution in [1.29, 1.82) is 0 Å². The van der Waals surface area contributed by atoms with Crippen molar-refractivity contribution in [3.63, 3.8) is 0 Å². The van der Waals surface area contributed by atoms with Crippen molar-refractivity contribution >= 4 is 34.5 Å². The van der Waals surface area contributed by atoms with Gasteiger partial charge in [0, 0.05) is 28.0 Å². The van der Waals surface area contributed by atoms with Crippen LogP contribution >= 0.6 is 11.8 Å². The van der Waals surface area contributed by atoms with E-state index in [1.807, 2.05) is 60.7 Å².